The number of hydrogen-bond donors (Lipinski definition) is 2. The molecule has 3 heteroatoms. The molecule has 0 aliphatic rings. The summed E-state index contributed by atoms with van der Waals surface area (Å²) in [6.07, 6.45) is 2.09. The first-order valence-electron chi connectivity index (χ1n) is 8.30. The van der Waals surface area contributed by atoms with Gasteiger partial charge in [-0.15, -0.1) is 0 Å². The number of thiocarbonyl (C=S) groups is 1. The third-order valence-corrected chi connectivity index (χ3v) is 4.05. The predicted molar refractivity (Wildman–Crippen MR) is 104 cm³/mol. The van der Waals surface area contributed by atoms with Crippen LogP contribution in [0.3, 0.4) is 0 Å². The lowest BCUT2D eigenvalue weighted by molar-refractivity contribution is 0.481. The van der Waals surface area contributed by atoms with E-state index in [-0.39, 0.29) is 6.04 Å². The fraction of sp³-hybridized carbons (Fsp3) is 0.350. The Labute approximate surface area is 145 Å². The molecule has 0 spiro atoms. The Kier molecular flexibility index (Phi) is 6.60. The van der Waals surface area contributed by atoms with E-state index >= 15 is 0 Å². The smallest absolute Gasteiger partial charge is 0.171 e. The molecule has 0 radical (unpaired) electrons. The van der Waals surface area contributed by atoms with E-state index in [9.17, 15) is 0 Å². The van der Waals surface area contributed by atoms with Crippen molar-refractivity contribution in [1.82, 2.24) is 5.32 Å². The van der Waals surface area contributed by atoms with Gasteiger partial charge in [-0.1, -0.05) is 63.2 Å². The summed E-state index contributed by atoms with van der Waals surface area (Å²) in [4.78, 5) is 0. The van der Waals surface area contributed by atoms with Gasteiger partial charge in [-0.3, -0.25) is 0 Å². The maximum Gasteiger partial charge on any atom is 0.171 e. The molecule has 0 heterocycles. The average molecular weight is 327 g/mol. The second-order valence-electron chi connectivity index (χ2n) is 6.24. The summed E-state index contributed by atoms with van der Waals surface area (Å²) in [5, 5.41) is 7.42. The van der Waals surface area contributed by atoms with E-state index in [4.69, 9.17) is 12.2 Å². The van der Waals surface area contributed by atoms with E-state index < -0.39 is 0 Å². The van der Waals surface area contributed by atoms with Gasteiger partial charge in [0.2, 0.25) is 0 Å². The maximum absolute atomic E-state index is 5.50. The van der Waals surface area contributed by atoms with Crippen molar-refractivity contribution in [3.63, 3.8) is 0 Å². The molecule has 2 rings (SSSR count). The normalized spacial score (nSPS) is 12.0. The van der Waals surface area contributed by atoms with Gasteiger partial charge >= 0.3 is 0 Å². The highest BCUT2D eigenvalue weighted by atomic mass is 32.1. The summed E-state index contributed by atoms with van der Waals surface area (Å²) in [7, 11) is 0. The number of nitrogens with one attached hydrogen (secondary N) is 2. The van der Waals surface area contributed by atoms with Crippen molar-refractivity contribution >= 4 is 23.0 Å². The zero-order valence-electron chi connectivity index (χ0n) is 14.2. The Balaban J connectivity index is 2.02. The molecular weight excluding hydrogens is 300 g/mol. The highest BCUT2D eigenvalue weighted by Gasteiger charge is 2.14. The lowest BCUT2D eigenvalue weighted by atomic mass is 9.97. The van der Waals surface area contributed by atoms with Crippen molar-refractivity contribution in [2.24, 2.45) is 5.92 Å². The second kappa shape index (κ2) is 8.68. The molecule has 0 saturated heterocycles. The number of hydrogen-bond acceptors (Lipinski definition) is 1. The van der Waals surface area contributed by atoms with Crippen molar-refractivity contribution in [2.75, 3.05) is 5.32 Å². The third-order valence-electron chi connectivity index (χ3n) is 3.83. The summed E-state index contributed by atoms with van der Waals surface area (Å²) in [5.41, 5.74) is 3.62. The highest BCUT2D eigenvalue weighted by Crippen LogP contribution is 2.21. The first kappa shape index (κ1) is 17.5. The minimum absolute atomic E-state index is 0.228. The van der Waals surface area contributed by atoms with Crippen molar-refractivity contribution in [3.05, 3.63) is 65.7 Å². The average Bonchev–Trinajstić information content (AvgIpc) is 2.55. The molecule has 0 aliphatic heterocycles. The number of anilines is 1. The molecule has 2 N–H and O–H groups in total. The van der Waals surface area contributed by atoms with Gasteiger partial charge in [0.05, 0.1) is 6.04 Å². The summed E-state index contributed by atoms with van der Waals surface area (Å²) in [6, 6.07) is 19.1. The van der Waals surface area contributed by atoms with Crippen LogP contribution in [0.25, 0.3) is 0 Å². The first-order valence-corrected chi connectivity index (χ1v) is 8.70. The Bertz CT molecular complexity index is 605. The molecule has 0 fully saturated rings. The Morgan fingerprint density at radius 1 is 1.00 bits per heavy atom. The predicted octanol–water partition coefficient (Wildman–Crippen LogP) is 5.32. The van der Waals surface area contributed by atoms with Crippen molar-refractivity contribution in [3.8, 4) is 0 Å². The van der Waals surface area contributed by atoms with Crippen molar-refractivity contribution < 1.29 is 0 Å². The van der Waals surface area contributed by atoms with Crippen LogP contribution in [0, 0.1) is 5.92 Å². The van der Waals surface area contributed by atoms with Crippen molar-refractivity contribution in [1.29, 1.82) is 0 Å². The number of rotatable bonds is 6. The third kappa shape index (κ3) is 5.68. The van der Waals surface area contributed by atoms with E-state index in [0.29, 0.717) is 11.0 Å². The minimum atomic E-state index is 0.228. The number of aryl methyl sites for hydroxylation is 1. The summed E-state index contributed by atoms with van der Waals surface area (Å²) < 4.78 is 0. The van der Waals surface area contributed by atoms with E-state index in [2.05, 4.69) is 79.9 Å². The van der Waals surface area contributed by atoms with Gasteiger partial charge in [-0.25, -0.2) is 0 Å². The molecule has 23 heavy (non-hydrogen) atoms. The zero-order chi connectivity index (χ0) is 16.7. The minimum Gasteiger partial charge on any atom is -0.356 e. The molecule has 122 valence electrons. The van der Waals surface area contributed by atoms with Crippen LogP contribution in [-0.2, 0) is 6.42 Å². The molecule has 2 aromatic rings. The van der Waals surface area contributed by atoms with E-state index in [0.717, 1.165) is 18.5 Å². The van der Waals surface area contributed by atoms with Crippen LogP contribution in [0.15, 0.2) is 54.6 Å². The fourth-order valence-electron chi connectivity index (χ4n) is 2.58. The Morgan fingerprint density at radius 2 is 1.65 bits per heavy atom. The van der Waals surface area contributed by atoms with Gasteiger partial charge < -0.3 is 10.6 Å². The molecule has 1 atom stereocenters. The Hall–Kier alpha value is -1.87. The molecule has 0 amide bonds. The Morgan fingerprint density at radius 3 is 2.22 bits per heavy atom. The fourth-order valence-corrected chi connectivity index (χ4v) is 2.84. The van der Waals surface area contributed by atoms with Gasteiger partial charge in [-0.2, -0.15) is 0 Å². The first-order chi connectivity index (χ1) is 11.1. The van der Waals surface area contributed by atoms with E-state index in [1.54, 1.807) is 0 Å². The van der Waals surface area contributed by atoms with Crippen molar-refractivity contribution in [2.45, 2.75) is 39.7 Å². The van der Waals surface area contributed by atoms with Gasteiger partial charge in [-0.05, 0) is 54.2 Å². The molecule has 0 saturated carbocycles. The highest BCUT2D eigenvalue weighted by molar-refractivity contribution is 7.80. The van der Waals surface area contributed by atoms with Gasteiger partial charge in [0, 0.05) is 5.69 Å². The van der Waals surface area contributed by atoms with Crippen LogP contribution >= 0.6 is 12.2 Å². The number of benzene rings is 2. The van der Waals surface area contributed by atoms with Crippen LogP contribution in [0.5, 0.6) is 0 Å². The van der Waals surface area contributed by atoms with Crippen LogP contribution in [-0.4, -0.2) is 5.11 Å². The molecule has 0 bridgehead atoms. The molecule has 0 aromatic heterocycles. The summed E-state index contributed by atoms with van der Waals surface area (Å²) in [6.45, 7) is 6.63. The second-order valence-corrected chi connectivity index (χ2v) is 6.65. The lowest BCUT2D eigenvalue weighted by Gasteiger charge is -2.23. The summed E-state index contributed by atoms with van der Waals surface area (Å²) >= 11 is 5.50. The standard InChI is InChI=1S/C20H26N2S/c1-4-16-10-12-18(13-11-16)21-20(23)22-19(14-15(2)3)17-8-6-5-7-9-17/h5-13,15,19H,4,14H2,1-3H3,(H2,21,22,23). The van der Waals surface area contributed by atoms with Gasteiger partial charge in [0.1, 0.15) is 0 Å². The lowest BCUT2D eigenvalue weighted by Crippen LogP contribution is -2.33. The molecule has 2 nitrogen and oxygen atoms in total. The topological polar surface area (TPSA) is 24.1 Å². The van der Waals surface area contributed by atoms with Crippen LogP contribution in [0.4, 0.5) is 5.69 Å². The zero-order valence-corrected chi connectivity index (χ0v) is 15.0. The summed E-state index contributed by atoms with van der Waals surface area (Å²) in [5.74, 6) is 0.597. The monoisotopic (exact) mass is 326 g/mol. The molecule has 0 aliphatic carbocycles. The molecular formula is C20H26N2S. The van der Waals surface area contributed by atoms with Gasteiger partial charge in [0.25, 0.3) is 0 Å². The SMILES string of the molecule is CCc1ccc(NC(=S)NC(CC(C)C)c2ccccc2)cc1. The van der Waals surface area contributed by atoms with Gasteiger partial charge in [0.15, 0.2) is 5.11 Å². The van der Waals surface area contributed by atoms with Crippen LogP contribution in [0.2, 0.25) is 0 Å². The van der Waals surface area contributed by atoms with E-state index in [1.807, 2.05) is 6.07 Å². The van der Waals surface area contributed by atoms with E-state index in [1.165, 1.54) is 11.1 Å². The maximum atomic E-state index is 5.50. The quantitative estimate of drug-likeness (QED) is 0.702. The molecule has 1 unspecified atom stereocenters. The largest absolute Gasteiger partial charge is 0.356 e. The van der Waals surface area contributed by atoms with Crippen LogP contribution < -0.4 is 10.6 Å². The molecule has 2 aromatic carbocycles. The van der Waals surface area contributed by atoms with Crippen LogP contribution in [0.1, 0.15) is 44.4 Å².